The number of hydrogen-bond donors (Lipinski definition) is 3. The highest BCUT2D eigenvalue weighted by molar-refractivity contribution is 7.90. The SMILES string of the molecule is NS(=O)(=O)CCNS(=O)(=O)c1cncc(C=CC(=O)O)c1. The lowest BCUT2D eigenvalue weighted by Crippen LogP contribution is -2.31. The summed E-state index contributed by atoms with van der Waals surface area (Å²) < 4.78 is 47.3. The highest BCUT2D eigenvalue weighted by Crippen LogP contribution is 2.10. The lowest BCUT2D eigenvalue weighted by molar-refractivity contribution is -0.131. The number of rotatable bonds is 7. The summed E-state index contributed by atoms with van der Waals surface area (Å²) in [7, 11) is -7.73. The van der Waals surface area contributed by atoms with Crippen LogP contribution in [0.15, 0.2) is 29.4 Å². The van der Waals surface area contributed by atoms with Gasteiger partial charge in [-0.05, 0) is 17.7 Å². The lowest BCUT2D eigenvalue weighted by Gasteiger charge is -2.06. The molecule has 1 rings (SSSR count). The first kappa shape index (κ1) is 17.2. The molecule has 0 radical (unpaired) electrons. The van der Waals surface area contributed by atoms with Crippen molar-refractivity contribution in [2.24, 2.45) is 5.14 Å². The summed E-state index contributed by atoms with van der Waals surface area (Å²) in [4.78, 5) is 13.8. The van der Waals surface area contributed by atoms with E-state index < -0.39 is 31.8 Å². The number of aliphatic carboxylic acids is 1. The van der Waals surface area contributed by atoms with Gasteiger partial charge < -0.3 is 5.11 Å². The van der Waals surface area contributed by atoms with E-state index in [1.807, 2.05) is 0 Å². The topological polar surface area (TPSA) is 157 Å². The Bertz CT molecular complexity index is 755. The number of carboxylic acids is 1. The molecule has 0 spiro atoms. The molecule has 1 heterocycles. The molecule has 9 nitrogen and oxygen atoms in total. The van der Waals surface area contributed by atoms with E-state index in [0.29, 0.717) is 0 Å². The highest BCUT2D eigenvalue weighted by Gasteiger charge is 2.15. The van der Waals surface area contributed by atoms with Crippen LogP contribution in [0.1, 0.15) is 5.56 Å². The maximum absolute atomic E-state index is 11.9. The summed E-state index contributed by atoms with van der Waals surface area (Å²) in [5.74, 6) is -1.73. The van der Waals surface area contributed by atoms with Crippen LogP contribution in [0, 0.1) is 0 Å². The van der Waals surface area contributed by atoms with E-state index in [-0.39, 0.29) is 17.0 Å². The number of primary sulfonamides is 1. The number of aromatic nitrogens is 1. The average molecular weight is 335 g/mol. The molecule has 0 amide bonds. The Hall–Kier alpha value is -1.82. The van der Waals surface area contributed by atoms with E-state index in [9.17, 15) is 21.6 Å². The molecule has 1 aromatic rings. The van der Waals surface area contributed by atoms with Crippen LogP contribution >= 0.6 is 0 Å². The van der Waals surface area contributed by atoms with Crippen molar-refractivity contribution >= 4 is 32.1 Å². The molecule has 11 heteroatoms. The lowest BCUT2D eigenvalue weighted by atomic mass is 10.2. The molecule has 0 fully saturated rings. The van der Waals surface area contributed by atoms with Gasteiger partial charge in [0.05, 0.1) is 5.75 Å². The van der Waals surface area contributed by atoms with E-state index in [2.05, 4.69) is 9.71 Å². The first-order valence-electron chi connectivity index (χ1n) is 5.46. The van der Waals surface area contributed by atoms with E-state index in [1.165, 1.54) is 18.3 Å². The molecule has 0 atom stereocenters. The summed E-state index contributed by atoms with van der Waals surface area (Å²) in [6, 6.07) is 1.20. The van der Waals surface area contributed by atoms with E-state index >= 15 is 0 Å². The van der Waals surface area contributed by atoms with Crippen LogP contribution in [0.2, 0.25) is 0 Å². The van der Waals surface area contributed by atoms with Gasteiger partial charge >= 0.3 is 5.97 Å². The summed E-state index contributed by atoms with van der Waals surface area (Å²) in [5, 5.41) is 13.2. The number of sulfonamides is 2. The molecule has 0 saturated carbocycles. The maximum atomic E-state index is 11.9. The van der Waals surface area contributed by atoms with E-state index in [0.717, 1.165) is 12.3 Å². The third kappa shape index (κ3) is 6.44. The Kier molecular flexibility index (Phi) is 5.54. The number of nitrogens with one attached hydrogen (secondary N) is 1. The van der Waals surface area contributed by atoms with Crippen LogP contribution in [0.3, 0.4) is 0 Å². The Labute approximate surface area is 121 Å². The third-order valence-electron chi connectivity index (χ3n) is 2.14. The quantitative estimate of drug-likeness (QED) is 0.525. The number of nitrogens with zero attached hydrogens (tertiary/aromatic N) is 1. The Morgan fingerprint density at radius 1 is 1.33 bits per heavy atom. The van der Waals surface area contributed by atoms with Crippen molar-refractivity contribution in [3.8, 4) is 0 Å². The van der Waals surface area contributed by atoms with Crippen molar-refractivity contribution in [2.45, 2.75) is 4.90 Å². The van der Waals surface area contributed by atoms with Crippen LogP contribution in [-0.2, 0) is 24.8 Å². The summed E-state index contributed by atoms with van der Waals surface area (Å²) in [5.41, 5.74) is 0.270. The largest absolute Gasteiger partial charge is 0.478 e. The zero-order valence-corrected chi connectivity index (χ0v) is 12.3. The van der Waals surface area contributed by atoms with Gasteiger partial charge in [-0.2, -0.15) is 0 Å². The number of nitrogens with two attached hydrogens (primary N) is 1. The monoisotopic (exact) mass is 335 g/mol. The zero-order valence-electron chi connectivity index (χ0n) is 10.6. The minimum atomic E-state index is -3.96. The summed E-state index contributed by atoms with van der Waals surface area (Å²) in [6.07, 6.45) is 4.35. The predicted molar refractivity (Wildman–Crippen MR) is 74.1 cm³/mol. The number of carbonyl (C=O) groups is 1. The van der Waals surface area contributed by atoms with Crippen LogP contribution in [-0.4, -0.2) is 45.2 Å². The van der Waals surface area contributed by atoms with Crippen molar-refractivity contribution in [2.75, 3.05) is 12.3 Å². The molecule has 0 unspecified atom stereocenters. The van der Waals surface area contributed by atoms with Gasteiger partial charge in [0.15, 0.2) is 0 Å². The average Bonchev–Trinajstić information content (AvgIpc) is 2.35. The van der Waals surface area contributed by atoms with Gasteiger partial charge in [-0.25, -0.2) is 31.5 Å². The van der Waals surface area contributed by atoms with E-state index in [4.69, 9.17) is 10.2 Å². The first-order valence-corrected chi connectivity index (χ1v) is 8.66. The molecule has 0 bridgehead atoms. The first-order chi connectivity index (χ1) is 9.60. The van der Waals surface area contributed by atoms with Crippen LogP contribution in [0.25, 0.3) is 6.08 Å². The Balaban J connectivity index is 2.88. The normalized spacial score (nSPS) is 12.6. The Morgan fingerprint density at radius 3 is 2.57 bits per heavy atom. The van der Waals surface area contributed by atoms with Crippen molar-refractivity contribution in [1.29, 1.82) is 0 Å². The smallest absolute Gasteiger partial charge is 0.328 e. The fourth-order valence-corrected chi connectivity index (χ4v) is 2.79. The molecule has 0 aliphatic rings. The molecule has 0 aromatic carbocycles. The van der Waals surface area contributed by atoms with Gasteiger partial charge in [-0.1, -0.05) is 0 Å². The van der Waals surface area contributed by atoms with Gasteiger partial charge in [-0.15, -0.1) is 0 Å². The molecule has 4 N–H and O–H groups in total. The fourth-order valence-electron chi connectivity index (χ4n) is 1.24. The van der Waals surface area contributed by atoms with Crippen LogP contribution in [0.5, 0.6) is 0 Å². The molecule has 0 aliphatic heterocycles. The Morgan fingerprint density at radius 2 is 2.00 bits per heavy atom. The van der Waals surface area contributed by atoms with Crippen molar-refractivity contribution < 1.29 is 26.7 Å². The van der Waals surface area contributed by atoms with Crippen LogP contribution < -0.4 is 9.86 Å². The second-order valence-electron chi connectivity index (χ2n) is 3.89. The van der Waals surface area contributed by atoms with Crippen molar-refractivity contribution in [3.05, 3.63) is 30.1 Å². The molecular formula is C10H13N3O6S2. The predicted octanol–water partition coefficient (Wildman–Crippen LogP) is -1.25. The second-order valence-corrected chi connectivity index (χ2v) is 7.39. The number of carboxylic acid groups (broad SMARTS) is 1. The molecular weight excluding hydrogens is 322 g/mol. The molecule has 21 heavy (non-hydrogen) atoms. The molecule has 116 valence electrons. The van der Waals surface area contributed by atoms with Gasteiger partial charge in [0.25, 0.3) is 0 Å². The zero-order chi connectivity index (χ0) is 16.1. The standard InChI is InChI=1S/C10H13N3O6S2/c11-20(16,17)4-3-13-21(18,19)9-5-8(6-12-7-9)1-2-10(14)15/h1-2,5-7,13H,3-4H2,(H,14,15)(H2,11,16,17). The molecule has 0 aliphatic carbocycles. The number of pyridine rings is 1. The minimum absolute atomic E-state index is 0.218. The van der Waals surface area contributed by atoms with Crippen molar-refractivity contribution in [3.63, 3.8) is 0 Å². The minimum Gasteiger partial charge on any atom is -0.478 e. The van der Waals surface area contributed by atoms with Crippen LogP contribution in [0.4, 0.5) is 0 Å². The van der Waals surface area contributed by atoms with E-state index in [1.54, 1.807) is 0 Å². The summed E-state index contributed by atoms with van der Waals surface area (Å²) >= 11 is 0. The molecule has 1 aromatic heterocycles. The van der Waals surface area contributed by atoms with Crippen molar-refractivity contribution in [1.82, 2.24) is 9.71 Å². The van der Waals surface area contributed by atoms with Gasteiger partial charge in [-0.3, -0.25) is 4.98 Å². The maximum Gasteiger partial charge on any atom is 0.328 e. The second kappa shape index (κ2) is 6.76. The van der Waals surface area contributed by atoms with Gasteiger partial charge in [0.1, 0.15) is 4.90 Å². The van der Waals surface area contributed by atoms with Gasteiger partial charge in [0, 0.05) is 25.0 Å². The summed E-state index contributed by atoms with van der Waals surface area (Å²) in [6.45, 7) is -0.379. The number of hydrogen-bond acceptors (Lipinski definition) is 6. The third-order valence-corrected chi connectivity index (χ3v) is 4.34. The molecule has 0 saturated heterocycles. The fraction of sp³-hybridized carbons (Fsp3) is 0.200. The van der Waals surface area contributed by atoms with Gasteiger partial charge in [0.2, 0.25) is 20.0 Å². The highest BCUT2D eigenvalue weighted by atomic mass is 32.2.